The third-order valence-electron chi connectivity index (χ3n) is 3.23. The van der Waals surface area contributed by atoms with Crippen molar-refractivity contribution in [3.05, 3.63) is 35.4 Å². The first kappa shape index (κ1) is 16.5. The average Bonchev–Trinajstić information content (AvgIpc) is 2.48. The third kappa shape index (κ3) is 5.61. The highest BCUT2D eigenvalue weighted by Gasteiger charge is 2.05. The zero-order chi connectivity index (χ0) is 14.8. The van der Waals surface area contributed by atoms with Gasteiger partial charge in [0.2, 0.25) is 0 Å². The van der Waals surface area contributed by atoms with Gasteiger partial charge in [-0.2, -0.15) is 0 Å². The summed E-state index contributed by atoms with van der Waals surface area (Å²) in [6.07, 6.45) is 2.06. The van der Waals surface area contributed by atoms with Gasteiger partial charge in [-0.3, -0.25) is 4.99 Å². The van der Waals surface area contributed by atoms with Crippen molar-refractivity contribution in [2.75, 3.05) is 34.4 Å². The van der Waals surface area contributed by atoms with Crippen LogP contribution in [-0.2, 0) is 17.7 Å². The number of aliphatic imine (C=N–C) groups is 1. The van der Waals surface area contributed by atoms with Gasteiger partial charge < -0.3 is 15.0 Å². The number of ether oxygens (including phenoxy) is 1. The second-order valence-electron chi connectivity index (χ2n) is 4.85. The number of guanidine groups is 1. The first-order valence-electron chi connectivity index (χ1n) is 7.19. The maximum atomic E-state index is 5.04. The standard InChI is InChI=1S/C16H27N3O/c1-5-14-7-9-15(10-8-14)13-19(3)16(17-2)18-11-6-12-20-4/h7-10H,5-6,11-13H2,1-4H3,(H,17,18). The number of aryl methyl sites for hydroxylation is 1. The highest BCUT2D eigenvalue weighted by Crippen LogP contribution is 2.07. The molecular weight excluding hydrogens is 250 g/mol. The Labute approximate surface area is 122 Å². The van der Waals surface area contributed by atoms with Crippen molar-refractivity contribution in [1.29, 1.82) is 0 Å². The van der Waals surface area contributed by atoms with Gasteiger partial charge in [-0.05, 0) is 24.0 Å². The van der Waals surface area contributed by atoms with E-state index in [0.717, 1.165) is 38.5 Å². The molecule has 112 valence electrons. The first-order valence-corrected chi connectivity index (χ1v) is 7.19. The molecule has 0 aliphatic carbocycles. The molecule has 0 heterocycles. The normalized spacial score (nSPS) is 11.5. The summed E-state index contributed by atoms with van der Waals surface area (Å²) >= 11 is 0. The summed E-state index contributed by atoms with van der Waals surface area (Å²) in [6, 6.07) is 8.76. The lowest BCUT2D eigenvalue weighted by Gasteiger charge is -2.22. The Morgan fingerprint density at radius 1 is 1.25 bits per heavy atom. The van der Waals surface area contributed by atoms with Crippen LogP contribution < -0.4 is 5.32 Å². The van der Waals surface area contributed by atoms with Crippen LogP contribution in [0.2, 0.25) is 0 Å². The minimum atomic E-state index is 0.770. The quantitative estimate of drug-likeness (QED) is 0.472. The molecule has 0 atom stereocenters. The topological polar surface area (TPSA) is 36.9 Å². The van der Waals surface area contributed by atoms with Crippen molar-refractivity contribution in [3.63, 3.8) is 0 Å². The Balaban J connectivity index is 2.47. The van der Waals surface area contributed by atoms with Crippen LogP contribution in [0.15, 0.2) is 29.3 Å². The minimum Gasteiger partial charge on any atom is -0.385 e. The number of hydrogen-bond donors (Lipinski definition) is 1. The van der Waals surface area contributed by atoms with Crippen molar-refractivity contribution < 1.29 is 4.74 Å². The Hall–Kier alpha value is -1.55. The Morgan fingerprint density at radius 3 is 2.45 bits per heavy atom. The fourth-order valence-corrected chi connectivity index (χ4v) is 2.03. The molecule has 0 spiro atoms. The van der Waals surface area contributed by atoms with Crippen LogP contribution in [0.3, 0.4) is 0 Å². The number of hydrogen-bond acceptors (Lipinski definition) is 2. The van der Waals surface area contributed by atoms with E-state index in [4.69, 9.17) is 4.74 Å². The molecule has 1 rings (SSSR count). The summed E-state index contributed by atoms with van der Waals surface area (Å²) < 4.78 is 5.04. The van der Waals surface area contributed by atoms with Crippen molar-refractivity contribution in [1.82, 2.24) is 10.2 Å². The van der Waals surface area contributed by atoms with Gasteiger partial charge in [0, 0.05) is 40.9 Å². The van der Waals surface area contributed by atoms with E-state index >= 15 is 0 Å². The van der Waals surface area contributed by atoms with Gasteiger partial charge in [0.05, 0.1) is 0 Å². The Bertz CT molecular complexity index is 401. The van der Waals surface area contributed by atoms with E-state index in [9.17, 15) is 0 Å². The number of benzene rings is 1. The summed E-state index contributed by atoms with van der Waals surface area (Å²) in [5.74, 6) is 0.917. The predicted octanol–water partition coefficient (Wildman–Crippen LogP) is 2.29. The van der Waals surface area contributed by atoms with E-state index in [1.807, 2.05) is 7.05 Å². The van der Waals surface area contributed by atoms with E-state index in [-0.39, 0.29) is 0 Å². The van der Waals surface area contributed by atoms with E-state index in [2.05, 4.69) is 53.4 Å². The molecule has 20 heavy (non-hydrogen) atoms. The molecule has 0 aliphatic rings. The fourth-order valence-electron chi connectivity index (χ4n) is 2.03. The molecule has 4 heteroatoms. The SMILES string of the molecule is CCc1ccc(CN(C)C(=NC)NCCCOC)cc1. The second kappa shape index (κ2) is 9.37. The summed E-state index contributed by atoms with van der Waals surface area (Å²) in [6.45, 7) is 4.67. The lowest BCUT2D eigenvalue weighted by Crippen LogP contribution is -2.39. The number of nitrogens with one attached hydrogen (secondary N) is 1. The molecule has 0 aliphatic heterocycles. The molecule has 1 aromatic rings. The maximum absolute atomic E-state index is 5.04. The molecule has 0 saturated heterocycles. The first-order chi connectivity index (χ1) is 9.71. The largest absolute Gasteiger partial charge is 0.385 e. The third-order valence-corrected chi connectivity index (χ3v) is 3.23. The molecule has 1 N–H and O–H groups in total. The predicted molar refractivity (Wildman–Crippen MR) is 85.1 cm³/mol. The van der Waals surface area contributed by atoms with Crippen LogP contribution in [0.1, 0.15) is 24.5 Å². The highest BCUT2D eigenvalue weighted by atomic mass is 16.5. The zero-order valence-electron chi connectivity index (χ0n) is 13.1. The molecule has 1 aromatic carbocycles. The van der Waals surface area contributed by atoms with Crippen LogP contribution in [0.5, 0.6) is 0 Å². The maximum Gasteiger partial charge on any atom is 0.193 e. The van der Waals surface area contributed by atoms with E-state index in [0.29, 0.717) is 0 Å². The molecule has 0 amide bonds. The van der Waals surface area contributed by atoms with Gasteiger partial charge in [-0.25, -0.2) is 0 Å². The van der Waals surface area contributed by atoms with Gasteiger partial charge in [-0.1, -0.05) is 31.2 Å². The van der Waals surface area contributed by atoms with E-state index < -0.39 is 0 Å². The van der Waals surface area contributed by atoms with Crippen LogP contribution in [0, 0.1) is 0 Å². The van der Waals surface area contributed by atoms with Gasteiger partial charge in [-0.15, -0.1) is 0 Å². The smallest absolute Gasteiger partial charge is 0.193 e. The molecule has 0 saturated carbocycles. The van der Waals surface area contributed by atoms with Gasteiger partial charge in [0.25, 0.3) is 0 Å². The molecule has 0 aromatic heterocycles. The van der Waals surface area contributed by atoms with Gasteiger partial charge in [0.1, 0.15) is 0 Å². The van der Waals surface area contributed by atoms with E-state index in [1.54, 1.807) is 7.11 Å². The van der Waals surface area contributed by atoms with Crippen molar-refractivity contribution in [2.24, 2.45) is 4.99 Å². The average molecular weight is 277 g/mol. The number of nitrogens with zero attached hydrogens (tertiary/aromatic N) is 2. The molecule has 4 nitrogen and oxygen atoms in total. The van der Waals surface area contributed by atoms with Crippen LogP contribution in [0.25, 0.3) is 0 Å². The summed E-state index contributed by atoms with van der Waals surface area (Å²) in [5, 5.41) is 3.34. The van der Waals surface area contributed by atoms with Crippen LogP contribution in [0.4, 0.5) is 0 Å². The minimum absolute atomic E-state index is 0.770. The molecule has 0 bridgehead atoms. The Kier molecular flexibility index (Phi) is 7.73. The second-order valence-corrected chi connectivity index (χ2v) is 4.85. The lowest BCUT2D eigenvalue weighted by molar-refractivity contribution is 0.195. The van der Waals surface area contributed by atoms with Crippen molar-refractivity contribution >= 4 is 5.96 Å². The number of methoxy groups -OCH3 is 1. The molecule has 0 fully saturated rings. The van der Waals surface area contributed by atoms with Gasteiger partial charge in [0.15, 0.2) is 5.96 Å². The summed E-state index contributed by atoms with van der Waals surface area (Å²) in [5.41, 5.74) is 2.67. The van der Waals surface area contributed by atoms with Gasteiger partial charge >= 0.3 is 0 Å². The zero-order valence-corrected chi connectivity index (χ0v) is 13.1. The Morgan fingerprint density at radius 2 is 1.90 bits per heavy atom. The van der Waals surface area contributed by atoms with Crippen molar-refractivity contribution in [3.8, 4) is 0 Å². The fraction of sp³-hybridized carbons (Fsp3) is 0.562. The highest BCUT2D eigenvalue weighted by molar-refractivity contribution is 5.79. The molecule has 0 radical (unpaired) electrons. The van der Waals surface area contributed by atoms with Crippen molar-refractivity contribution in [2.45, 2.75) is 26.3 Å². The summed E-state index contributed by atoms with van der Waals surface area (Å²) in [4.78, 5) is 6.44. The van der Waals surface area contributed by atoms with Crippen LogP contribution >= 0.6 is 0 Å². The summed E-state index contributed by atoms with van der Waals surface area (Å²) in [7, 11) is 5.59. The molecule has 0 unspecified atom stereocenters. The number of rotatable bonds is 7. The van der Waals surface area contributed by atoms with Crippen LogP contribution in [-0.4, -0.2) is 45.2 Å². The molecular formula is C16H27N3O. The monoisotopic (exact) mass is 277 g/mol. The van der Waals surface area contributed by atoms with E-state index in [1.165, 1.54) is 11.1 Å². The lowest BCUT2D eigenvalue weighted by atomic mass is 10.1.